The van der Waals surface area contributed by atoms with Gasteiger partial charge in [-0.1, -0.05) is 0 Å². The Morgan fingerprint density at radius 2 is 1.88 bits per heavy atom. The summed E-state index contributed by atoms with van der Waals surface area (Å²) in [5, 5.41) is 0. The van der Waals surface area contributed by atoms with Crippen molar-refractivity contribution in [3.8, 4) is 17.2 Å². The summed E-state index contributed by atoms with van der Waals surface area (Å²) >= 11 is 0. The Balaban J connectivity index is 2.20. The minimum Gasteiger partial charge on any atom is -0.490 e. The molecule has 88 valence electrons. The third-order valence-electron chi connectivity index (χ3n) is 2.09. The number of halogens is 1. The van der Waals surface area contributed by atoms with Crippen molar-refractivity contribution in [1.82, 2.24) is 4.98 Å². The molecule has 0 saturated carbocycles. The van der Waals surface area contributed by atoms with E-state index in [4.69, 9.17) is 9.47 Å². The Kier molecular flexibility index (Phi) is 3.55. The van der Waals surface area contributed by atoms with E-state index in [1.54, 1.807) is 30.6 Å². The van der Waals surface area contributed by atoms with Gasteiger partial charge in [0, 0.05) is 12.3 Å². The highest BCUT2D eigenvalue weighted by Gasteiger charge is 2.05. The summed E-state index contributed by atoms with van der Waals surface area (Å²) in [5.74, 6) is 1.38. The van der Waals surface area contributed by atoms with Gasteiger partial charge in [-0.15, -0.1) is 0 Å². The highest BCUT2D eigenvalue weighted by atomic mass is 19.1. The maximum Gasteiger partial charge on any atom is 0.187 e. The van der Waals surface area contributed by atoms with Gasteiger partial charge < -0.3 is 9.47 Å². The topological polar surface area (TPSA) is 31.4 Å². The summed E-state index contributed by atoms with van der Waals surface area (Å²) in [7, 11) is 0. The van der Waals surface area contributed by atoms with Crippen molar-refractivity contribution in [1.29, 1.82) is 0 Å². The minimum atomic E-state index is -0.298. The Bertz CT molecular complexity index is 485. The second-order valence-corrected chi connectivity index (χ2v) is 3.31. The average molecular weight is 233 g/mol. The van der Waals surface area contributed by atoms with Crippen LogP contribution in [-0.2, 0) is 0 Å². The Labute approximate surface area is 98.8 Å². The molecule has 0 aliphatic rings. The van der Waals surface area contributed by atoms with Gasteiger partial charge >= 0.3 is 0 Å². The average Bonchev–Trinajstić information content (AvgIpc) is 2.35. The predicted octanol–water partition coefficient (Wildman–Crippen LogP) is 3.41. The van der Waals surface area contributed by atoms with Gasteiger partial charge in [0.15, 0.2) is 11.5 Å². The Morgan fingerprint density at radius 3 is 2.59 bits per heavy atom. The summed E-state index contributed by atoms with van der Waals surface area (Å²) in [6.07, 6.45) is 3.19. The zero-order valence-corrected chi connectivity index (χ0v) is 9.39. The van der Waals surface area contributed by atoms with Crippen LogP contribution < -0.4 is 9.47 Å². The second kappa shape index (κ2) is 5.30. The van der Waals surface area contributed by atoms with Crippen molar-refractivity contribution in [3.63, 3.8) is 0 Å². The van der Waals surface area contributed by atoms with Crippen LogP contribution in [0, 0.1) is 5.82 Å². The number of ether oxygens (including phenoxy) is 2. The van der Waals surface area contributed by atoms with Crippen LogP contribution in [0.25, 0.3) is 0 Å². The second-order valence-electron chi connectivity index (χ2n) is 3.31. The van der Waals surface area contributed by atoms with E-state index < -0.39 is 0 Å². The van der Waals surface area contributed by atoms with Crippen molar-refractivity contribution in [2.45, 2.75) is 6.92 Å². The molecular weight excluding hydrogens is 221 g/mol. The van der Waals surface area contributed by atoms with Gasteiger partial charge in [0.25, 0.3) is 0 Å². The summed E-state index contributed by atoms with van der Waals surface area (Å²) < 4.78 is 23.7. The lowest BCUT2D eigenvalue weighted by molar-refractivity contribution is 0.320. The van der Waals surface area contributed by atoms with Crippen LogP contribution in [-0.4, -0.2) is 11.6 Å². The van der Waals surface area contributed by atoms with Crippen LogP contribution in [0.3, 0.4) is 0 Å². The normalized spacial score (nSPS) is 10.0. The number of rotatable bonds is 4. The van der Waals surface area contributed by atoms with Crippen LogP contribution >= 0.6 is 0 Å². The summed E-state index contributed by atoms with van der Waals surface area (Å²) in [5.41, 5.74) is 0. The molecule has 0 amide bonds. The molecule has 0 atom stereocenters. The molecule has 0 fully saturated rings. The van der Waals surface area contributed by atoms with E-state index in [1.165, 1.54) is 12.1 Å². The number of hydrogen-bond donors (Lipinski definition) is 0. The molecule has 3 nitrogen and oxygen atoms in total. The molecule has 2 aromatic rings. The van der Waals surface area contributed by atoms with Gasteiger partial charge in [0.2, 0.25) is 0 Å². The summed E-state index contributed by atoms with van der Waals surface area (Å²) in [4.78, 5) is 3.96. The van der Waals surface area contributed by atoms with E-state index in [2.05, 4.69) is 4.98 Å². The monoisotopic (exact) mass is 233 g/mol. The predicted molar refractivity (Wildman–Crippen MR) is 61.9 cm³/mol. The first-order valence-corrected chi connectivity index (χ1v) is 5.30. The minimum absolute atomic E-state index is 0.298. The number of hydrogen-bond acceptors (Lipinski definition) is 3. The molecule has 17 heavy (non-hydrogen) atoms. The molecule has 1 aromatic heterocycles. The van der Waals surface area contributed by atoms with E-state index in [-0.39, 0.29) is 5.82 Å². The van der Waals surface area contributed by atoms with Crippen molar-refractivity contribution >= 4 is 0 Å². The van der Waals surface area contributed by atoms with Gasteiger partial charge in [-0.3, -0.25) is 4.98 Å². The summed E-state index contributed by atoms with van der Waals surface area (Å²) in [6.45, 7) is 2.44. The molecule has 0 saturated heterocycles. The Hall–Kier alpha value is -2.10. The molecular formula is C13H12FNO2. The third-order valence-corrected chi connectivity index (χ3v) is 2.09. The molecule has 2 rings (SSSR count). The van der Waals surface area contributed by atoms with E-state index in [9.17, 15) is 4.39 Å². The van der Waals surface area contributed by atoms with Crippen LogP contribution in [0.4, 0.5) is 4.39 Å². The van der Waals surface area contributed by atoms with E-state index in [0.29, 0.717) is 23.9 Å². The lowest BCUT2D eigenvalue weighted by atomic mass is 10.3. The van der Waals surface area contributed by atoms with Gasteiger partial charge in [-0.25, -0.2) is 4.39 Å². The van der Waals surface area contributed by atoms with E-state index in [1.807, 2.05) is 6.92 Å². The number of pyridine rings is 1. The molecule has 0 spiro atoms. The molecule has 0 N–H and O–H groups in total. The zero-order chi connectivity index (χ0) is 12.1. The van der Waals surface area contributed by atoms with E-state index >= 15 is 0 Å². The van der Waals surface area contributed by atoms with Crippen molar-refractivity contribution in [3.05, 3.63) is 48.5 Å². The first-order chi connectivity index (χ1) is 8.29. The molecule has 0 radical (unpaired) electrons. The van der Waals surface area contributed by atoms with E-state index in [0.717, 1.165) is 0 Å². The smallest absolute Gasteiger partial charge is 0.187 e. The number of nitrogens with zero attached hydrogens (tertiary/aromatic N) is 1. The highest BCUT2D eigenvalue weighted by Crippen LogP contribution is 2.30. The first-order valence-electron chi connectivity index (χ1n) is 5.30. The Morgan fingerprint density at radius 1 is 1.12 bits per heavy atom. The van der Waals surface area contributed by atoms with Crippen LogP contribution in [0.2, 0.25) is 0 Å². The SMILES string of the molecule is CCOc1ccncc1Oc1ccc(F)cc1. The molecule has 0 bridgehead atoms. The number of aromatic nitrogens is 1. The highest BCUT2D eigenvalue weighted by molar-refractivity contribution is 5.40. The largest absolute Gasteiger partial charge is 0.490 e. The molecule has 1 aromatic carbocycles. The van der Waals surface area contributed by atoms with Crippen LogP contribution in [0.5, 0.6) is 17.2 Å². The quantitative estimate of drug-likeness (QED) is 0.810. The fraction of sp³-hybridized carbons (Fsp3) is 0.154. The van der Waals surface area contributed by atoms with Crippen molar-refractivity contribution in [2.75, 3.05) is 6.61 Å². The third kappa shape index (κ3) is 2.93. The van der Waals surface area contributed by atoms with Gasteiger partial charge in [0.1, 0.15) is 11.6 Å². The zero-order valence-electron chi connectivity index (χ0n) is 9.39. The fourth-order valence-electron chi connectivity index (χ4n) is 1.35. The van der Waals surface area contributed by atoms with Crippen molar-refractivity contribution in [2.24, 2.45) is 0 Å². The maximum absolute atomic E-state index is 12.7. The lowest BCUT2D eigenvalue weighted by Gasteiger charge is -2.10. The fourth-order valence-corrected chi connectivity index (χ4v) is 1.35. The standard InChI is InChI=1S/C13H12FNO2/c1-2-16-12-7-8-15-9-13(12)17-11-5-3-10(14)4-6-11/h3-9H,2H2,1H3. The molecule has 0 aliphatic heterocycles. The summed E-state index contributed by atoms with van der Waals surface area (Å²) in [6, 6.07) is 7.51. The maximum atomic E-state index is 12.7. The molecule has 1 heterocycles. The molecule has 0 aliphatic carbocycles. The van der Waals surface area contributed by atoms with Gasteiger partial charge in [-0.2, -0.15) is 0 Å². The van der Waals surface area contributed by atoms with Gasteiger partial charge in [-0.05, 0) is 31.2 Å². The van der Waals surface area contributed by atoms with Crippen molar-refractivity contribution < 1.29 is 13.9 Å². The van der Waals surface area contributed by atoms with Crippen LogP contribution in [0.15, 0.2) is 42.7 Å². The van der Waals surface area contributed by atoms with Crippen LogP contribution in [0.1, 0.15) is 6.92 Å². The number of benzene rings is 1. The first kappa shape index (κ1) is 11.4. The lowest BCUT2D eigenvalue weighted by Crippen LogP contribution is -1.95. The molecule has 4 heteroatoms. The molecule has 0 unspecified atom stereocenters. The van der Waals surface area contributed by atoms with Gasteiger partial charge in [0.05, 0.1) is 12.8 Å².